The van der Waals surface area contributed by atoms with E-state index in [0.717, 1.165) is 39.7 Å². The molecule has 4 rings (SSSR count). The average Bonchev–Trinajstić information content (AvgIpc) is 3.17. The average molecular weight is 440 g/mol. The van der Waals surface area contributed by atoms with E-state index in [1.54, 1.807) is 30.6 Å². The van der Waals surface area contributed by atoms with Gasteiger partial charge in [-0.3, -0.25) is 4.31 Å². The summed E-state index contributed by atoms with van der Waals surface area (Å²) in [5.41, 5.74) is 4.95. The van der Waals surface area contributed by atoms with E-state index in [0.29, 0.717) is 18.0 Å². The second kappa shape index (κ2) is 7.99. The van der Waals surface area contributed by atoms with Crippen molar-refractivity contribution in [3.05, 3.63) is 71.8 Å². The SMILES string of the molecule is Cc1cnc2[nH]c(-c3ccc(F)cc3)cc2c1NCc1cccnc1N(C)S(C)(=O)=O. The van der Waals surface area contributed by atoms with E-state index in [4.69, 9.17) is 0 Å². The minimum Gasteiger partial charge on any atom is -0.380 e. The molecule has 31 heavy (non-hydrogen) atoms. The number of pyridine rings is 2. The van der Waals surface area contributed by atoms with Crippen LogP contribution in [-0.2, 0) is 16.6 Å². The summed E-state index contributed by atoms with van der Waals surface area (Å²) in [5.74, 6) is 0.0871. The molecule has 0 aliphatic carbocycles. The molecular weight excluding hydrogens is 417 g/mol. The van der Waals surface area contributed by atoms with Gasteiger partial charge in [-0.25, -0.2) is 22.8 Å². The Balaban J connectivity index is 1.68. The number of aromatic nitrogens is 3. The molecular formula is C22H22FN5O2S. The summed E-state index contributed by atoms with van der Waals surface area (Å²) in [4.78, 5) is 12.0. The van der Waals surface area contributed by atoms with Gasteiger partial charge in [-0.2, -0.15) is 0 Å². The third-order valence-electron chi connectivity index (χ3n) is 5.12. The Labute approximate surface area is 180 Å². The quantitative estimate of drug-likeness (QED) is 0.472. The van der Waals surface area contributed by atoms with Gasteiger partial charge in [0.15, 0.2) is 0 Å². The van der Waals surface area contributed by atoms with Gasteiger partial charge in [0.1, 0.15) is 17.3 Å². The van der Waals surface area contributed by atoms with Crippen LogP contribution < -0.4 is 9.62 Å². The van der Waals surface area contributed by atoms with Crippen molar-refractivity contribution in [3.8, 4) is 11.3 Å². The molecule has 0 radical (unpaired) electrons. The largest absolute Gasteiger partial charge is 0.380 e. The Morgan fingerprint density at radius 3 is 2.61 bits per heavy atom. The van der Waals surface area contributed by atoms with Crippen LogP contribution in [0.25, 0.3) is 22.3 Å². The number of hydrogen-bond donors (Lipinski definition) is 2. The number of hydrogen-bond acceptors (Lipinski definition) is 5. The highest BCUT2D eigenvalue weighted by atomic mass is 32.2. The zero-order valence-corrected chi connectivity index (χ0v) is 18.2. The van der Waals surface area contributed by atoms with E-state index in [2.05, 4.69) is 20.3 Å². The van der Waals surface area contributed by atoms with Gasteiger partial charge in [-0.05, 0) is 54.4 Å². The monoisotopic (exact) mass is 439 g/mol. The second-order valence-corrected chi connectivity index (χ2v) is 9.35. The number of benzene rings is 1. The maximum Gasteiger partial charge on any atom is 0.233 e. The number of nitrogens with zero attached hydrogens (tertiary/aromatic N) is 3. The summed E-state index contributed by atoms with van der Waals surface area (Å²) in [5, 5.41) is 4.30. The molecule has 3 aromatic heterocycles. The third-order valence-corrected chi connectivity index (χ3v) is 6.29. The van der Waals surface area contributed by atoms with E-state index in [1.165, 1.54) is 23.5 Å². The van der Waals surface area contributed by atoms with E-state index in [1.807, 2.05) is 19.1 Å². The molecule has 160 valence electrons. The molecule has 0 unspecified atom stereocenters. The Morgan fingerprint density at radius 1 is 1.16 bits per heavy atom. The van der Waals surface area contributed by atoms with E-state index in [-0.39, 0.29) is 5.82 Å². The molecule has 0 saturated heterocycles. The molecule has 9 heteroatoms. The minimum atomic E-state index is -3.43. The van der Waals surface area contributed by atoms with Crippen LogP contribution in [0.3, 0.4) is 0 Å². The molecule has 0 saturated carbocycles. The first-order valence-electron chi connectivity index (χ1n) is 9.60. The predicted molar refractivity (Wildman–Crippen MR) is 121 cm³/mol. The molecule has 0 aliphatic rings. The minimum absolute atomic E-state index is 0.289. The molecule has 2 N–H and O–H groups in total. The van der Waals surface area contributed by atoms with E-state index in [9.17, 15) is 12.8 Å². The highest BCUT2D eigenvalue weighted by Crippen LogP contribution is 2.31. The lowest BCUT2D eigenvalue weighted by molar-refractivity contribution is 0.599. The van der Waals surface area contributed by atoms with Gasteiger partial charge < -0.3 is 10.3 Å². The lowest BCUT2D eigenvalue weighted by Gasteiger charge is -2.19. The van der Waals surface area contributed by atoms with Crippen molar-refractivity contribution in [2.45, 2.75) is 13.5 Å². The second-order valence-electron chi connectivity index (χ2n) is 7.34. The maximum atomic E-state index is 13.3. The summed E-state index contributed by atoms with van der Waals surface area (Å²) in [7, 11) is -1.95. The van der Waals surface area contributed by atoms with Crippen LogP contribution in [-0.4, -0.2) is 36.7 Å². The third kappa shape index (κ3) is 4.22. The van der Waals surface area contributed by atoms with Crippen LogP contribution in [0.2, 0.25) is 0 Å². The Bertz CT molecular complexity index is 1350. The number of aryl methyl sites for hydroxylation is 1. The molecule has 0 atom stereocenters. The van der Waals surface area contributed by atoms with Crippen LogP contribution in [0, 0.1) is 12.7 Å². The van der Waals surface area contributed by atoms with Crippen molar-refractivity contribution in [2.75, 3.05) is 22.9 Å². The van der Waals surface area contributed by atoms with Crippen molar-refractivity contribution in [1.82, 2.24) is 15.0 Å². The van der Waals surface area contributed by atoms with Crippen LogP contribution in [0.4, 0.5) is 15.9 Å². The first-order chi connectivity index (χ1) is 14.7. The zero-order valence-electron chi connectivity index (χ0n) is 17.3. The molecule has 1 aromatic carbocycles. The van der Waals surface area contributed by atoms with Gasteiger partial charge in [0, 0.05) is 48.3 Å². The highest BCUT2D eigenvalue weighted by Gasteiger charge is 2.17. The summed E-state index contributed by atoms with van der Waals surface area (Å²) in [6, 6.07) is 11.8. The van der Waals surface area contributed by atoms with Gasteiger partial charge in [0.25, 0.3) is 0 Å². The lowest BCUT2D eigenvalue weighted by Crippen LogP contribution is -2.27. The van der Waals surface area contributed by atoms with Crippen LogP contribution in [0.5, 0.6) is 0 Å². The summed E-state index contributed by atoms with van der Waals surface area (Å²) < 4.78 is 38.4. The Hall–Kier alpha value is -3.46. The van der Waals surface area contributed by atoms with Crippen molar-refractivity contribution in [1.29, 1.82) is 0 Å². The van der Waals surface area contributed by atoms with Crippen molar-refractivity contribution in [2.24, 2.45) is 0 Å². The first-order valence-corrected chi connectivity index (χ1v) is 11.4. The normalized spacial score (nSPS) is 11.6. The van der Waals surface area contributed by atoms with Crippen molar-refractivity contribution < 1.29 is 12.8 Å². The first kappa shape index (κ1) is 20.8. The molecule has 4 aromatic rings. The number of rotatable bonds is 6. The van der Waals surface area contributed by atoms with E-state index < -0.39 is 10.0 Å². The number of anilines is 2. The zero-order chi connectivity index (χ0) is 22.2. The van der Waals surface area contributed by atoms with Gasteiger partial charge >= 0.3 is 0 Å². The molecule has 7 nitrogen and oxygen atoms in total. The number of H-pyrrole nitrogens is 1. The fourth-order valence-corrected chi connectivity index (χ4v) is 3.87. The smallest absolute Gasteiger partial charge is 0.233 e. The molecule has 0 aliphatic heterocycles. The number of halogens is 1. The maximum absolute atomic E-state index is 13.3. The summed E-state index contributed by atoms with van der Waals surface area (Å²) in [6.45, 7) is 2.33. The topological polar surface area (TPSA) is 91.0 Å². The standard InChI is InChI=1S/C22H22FN5O2S/c1-14-12-26-21-18(11-19(27-21)15-6-8-17(23)9-7-15)20(14)25-13-16-5-4-10-24-22(16)28(2)31(3,29)30/h4-12H,13H2,1-3H3,(H2,25,26,27). The molecule has 0 bridgehead atoms. The number of nitrogens with one attached hydrogen (secondary N) is 2. The number of fused-ring (bicyclic) bond motifs is 1. The van der Waals surface area contributed by atoms with Crippen LogP contribution in [0.1, 0.15) is 11.1 Å². The summed E-state index contributed by atoms with van der Waals surface area (Å²) >= 11 is 0. The van der Waals surface area contributed by atoms with Gasteiger partial charge in [0.05, 0.1) is 6.26 Å². The molecule has 0 spiro atoms. The Kier molecular flexibility index (Phi) is 5.36. The van der Waals surface area contributed by atoms with Gasteiger partial charge in [0.2, 0.25) is 10.0 Å². The van der Waals surface area contributed by atoms with E-state index >= 15 is 0 Å². The number of sulfonamides is 1. The Morgan fingerprint density at radius 2 is 1.90 bits per heavy atom. The predicted octanol–water partition coefficient (Wildman–Crippen LogP) is 4.08. The molecule has 0 fully saturated rings. The van der Waals surface area contributed by atoms with Crippen LogP contribution in [0.15, 0.2) is 54.9 Å². The van der Waals surface area contributed by atoms with Crippen molar-refractivity contribution in [3.63, 3.8) is 0 Å². The molecule has 0 amide bonds. The molecule has 3 heterocycles. The van der Waals surface area contributed by atoms with Crippen molar-refractivity contribution >= 4 is 32.6 Å². The summed E-state index contributed by atoms with van der Waals surface area (Å²) in [6.07, 6.45) is 4.48. The van der Waals surface area contributed by atoms with Crippen LogP contribution >= 0.6 is 0 Å². The fraction of sp³-hybridized carbons (Fsp3) is 0.182. The number of aromatic amines is 1. The van der Waals surface area contributed by atoms with Gasteiger partial charge in [-0.15, -0.1) is 0 Å². The highest BCUT2D eigenvalue weighted by molar-refractivity contribution is 7.92. The van der Waals surface area contributed by atoms with Gasteiger partial charge in [-0.1, -0.05) is 6.07 Å². The fourth-order valence-electron chi connectivity index (χ4n) is 3.39. The lowest BCUT2D eigenvalue weighted by atomic mass is 10.1.